The third kappa shape index (κ3) is 4.27. The molecule has 1 aliphatic rings. The molecular formula is C19H23N2O3S+. The second kappa shape index (κ2) is 8.27. The average Bonchev–Trinajstić information content (AvgIpc) is 3.25. The topological polar surface area (TPSA) is 59.8 Å². The van der Waals surface area contributed by atoms with E-state index in [-0.39, 0.29) is 5.91 Å². The molecule has 1 aromatic heterocycles. The zero-order valence-corrected chi connectivity index (χ0v) is 15.2. The number of carbonyl (C=O) groups excluding carboxylic acids is 2. The molecule has 0 radical (unpaired) electrons. The van der Waals surface area contributed by atoms with Gasteiger partial charge in [0.15, 0.2) is 6.54 Å². The molecule has 6 heteroatoms. The average molecular weight is 359 g/mol. The zero-order valence-electron chi connectivity index (χ0n) is 14.3. The maximum Gasteiger partial charge on any atom is 0.341 e. The SMILES string of the molecule is CCOC(=O)c1c(-c2ccccc2)csc1NC(=O)C[NH+]1CCCC1. The number of hydrogen-bond acceptors (Lipinski definition) is 4. The first-order valence-corrected chi connectivity index (χ1v) is 9.54. The number of amides is 1. The van der Waals surface area contributed by atoms with Crippen LogP contribution < -0.4 is 10.2 Å². The molecule has 5 nitrogen and oxygen atoms in total. The number of esters is 1. The van der Waals surface area contributed by atoms with Crippen LogP contribution in [0.2, 0.25) is 0 Å². The molecule has 1 aliphatic heterocycles. The largest absolute Gasteiger partial charge is 0.462 e. The summed E-state index contributed by atoms with van der Waals surface area (Å²) in [4.78, 5) is 26.1. The number of thiophene rings is 1. The summed E-state index contributed by atoms with van der Waals surface area (Å²) in [6.45, 7) is 4.60. The van der Waals surface area contributed by atoms with Gasteiger partial charge in [-0.1, -0.05) is 30.3 Å². The van der Waals surface area contributed by atoms with Crippen LogP contribution in [0.4, 0.5) is 5.00 Å². The Kier molecular flexibility index (Phi) is 5.83. The summed E-state index contributed by atoms with van der Waals surface area (Å²) in [7, 11) is 0. The molecule has 2 heterocycles. The molecule has 2 aromatic rings. The van der Waals surface area contributed by atoms with Gasteiger partial charge >= 0.3 is 5.97 Å². The van der Waals surface area contributed by atoms with Crippen LogP contribution in [0.1, 0.15) is 30.1 Å². The molecule has 0 atom stereocenters. The molecule has 132 valence electrons. The van der Waals surface area contributed by atoms with Gasteiger partial charge < -0.3 is 15.0 Å². The van der Waals surface area contributed by atoms with Gasteiger partial charge in [0, 0.05) is 23.8 Å². The van der Waals surface area contributed by atoms with Crippen molar-refractivity contribution in [2.24, 2.45) is 0 Å². The van der Waals surface area contributed by atoms with Crippen molar-refractivity contribution in [2.75, 3.05) is 31.6 Å². The normalized spacial score (nSPS) is 14.4. The van der Waals surface area contributed by atoms with Crippen LogP contribution in [0, 0.1) is 0 Å². The van der Waals surface area contributed by atoms with Gasteiger partial charge in [-0.3, -0.25) is 4.79 Å². The van der Waals surface area contributed by atoms with Crippen molar-refractivity contribution in [3.05, 3.63) is 41.3 Å². The van der Waals surface area contributed by atoms with Crippen LogP contribution in [-0.2, 0) is 9.53 Å². The van der Waals surface area contributed by atoms with Crippen LogP contribution in [0.25, 0.3) is 11.1 Å². The van der Waals surface area contributed by atoms with Crippen LogP contribution in [0.15, 0.2) is 35.7 Å². The van der Waals surface area contributed by atoms with E-state index in [2.05, 4.69) is 5.32 Å². The molecule has 0 saturated carbocycles. The van der Waals surface area contributed by atoms with Crippen molar-refractivity contribution >= 4 is 28.2 Å². The predicted octanol–water partition coefficient (Wildman–Crippen LogP) is 2.21. The van der Waals surface area contributed by atoms with Gasteiger partial charge in [-0.2, -0.15) is 0 Å². The Balaban J connectivity index is 1.84. The molecule has 0 spiro atoms. The lowest BCUT2D eigenvalue weighted by Crippen LogP contribution is -3.11. The number of nitrogens with one attached hydrogen (secondary N) is 2. The molecule has 1 amide bonds. The summed E-state index contributed by atoms with van der Waals surface area (Å²) in [5, 5.41) is 5.40. The van der Waals surface area contributed by atoms with Gasteiger partial charge in [-0.15, -0.1) is 11.3 Å². The van der Waals surface area contributed by atoms with Gasteiger partial charge in [0.1, 0.15) is 10.6 Å². The number of anilines is 1. The maximum atomic E-state index is 12.5. The summed E-state index contributed by atoms with van der Waals surface area (Å²) < 4.78 is 5.22. The van der Waals surface area contributed by atoms with Gasteiger partial charge in [-0.25, -0.2) is 4.79 Å². The number of likely N-dealkylation sites (tertiary alicyclic amines) is 1. The Morgan fingerprint density at radius 2 is 1.92 bits per heavy atom. The Morgan fingerprint density at radius 3 is 2.60 bits per heavy atom. The summed E-state index contributed by atoms with van der Waals surface area (Å²) in [6.07, 6.45) is 2.35. The highest BCUT2D eigenvalue weighted by Crippen LogP contribution is 2.36. The molecule has 3 rings (SSSR count). The molecule has 25 heavy (non-hydrogen) atoms. The van der Waals surface area contributed by atoms with E-state index in [1.165, 1.54) is 29.1 Å². The Labute approximate surface area is 151 Å². The summed E-state index contributed by atoms with van der Waals surface area (Å²) in [5.74, 6) is -0.449. The minimum Gasteiger partial charge on any atom is -0.462 e. The lowest BCUT2D eigenvalue weighted by atomic mass is 10.0. The summed E-state index contributed by atoms with van der Waals surface area (Å²) >= 11 is 1.37. The van der Waals surface area contributed by atoms with Crippen molar-refractivity contribution < 1.29 is 19.2 Å². The van der Waals surface area contributed by atoms with E-state index < -0.39 is 5.97 Å². The smallest absolute Gasteiger partial charge is 0.341 e. The van der Waals surface area contributed by atoms with Gasteiger partial charge in [-0.05, 0) is 12.5 Å². The fourth-order valence-corrected chi connectivity index (χ4v) is 4.11. The fraction of sp³-hybridized carbons (Fsp3) is 0.368. The summed E-state index contributed by atoms with van der Waals surface area (Å²) in [6, 6.07) is 9.69. The van der Waals surface area contributed by atoms with E-state index in [0.29, 0.717) is 23.7 Å². The van der Waals surface area contributed by atoms with E-state index in [4.69, 9.17) is 4.74 Å². The second-order valence-electron chi connectivity index (χ2n) is 6.12. The highest BCUT2D eigenvalue weighted by Gasteiger charge is 2.24. The van der Waals surface area contributed by atoms with E-state index in [9.17, 15) is 9.59 Å². The maximum absolute atomic E-state index is 12.5. The highest BCUT2D eigenvalue weighted by molar-refractivity contribution is 7.15. The highest BCUT2D eigenvalue weighted by atomic mass is 32.1. The Morgan fingerprint density at radius 1 is 1.20 bits per heavy atom. The molecule has 2 N–H and O–H groups in total. The molecule has 0 unspecified atom stereocenters. The van der Waals surface area contributed by atoms with E-state index >= 15 is 0 Å². The molecular weight excluding hydrogens is 336 g/mol. The van der Waals surface area contributed by atoms with Crippen molar-refractivity contribution in [2.45, 2.75) is 19.8 Å². The van der Waals surface area contributed by atoms with Crippen LogP contribution >= 0.6 is 11.3 Å². The van der Waals surface area contributed by atoms with Gasteiger partial charge in [0.2, 0.25) is 0 Å². The first-order valence-electron chi connectivity index (χ1n) is 8.66. The fourth-order valence-electron chi connectivity index (χ4n) is 3.14. The number of benzene rings is 1. The van der Waals surface area contributed by atoms with Gasteiger partial charge in [0.05, 0.1) is 19.7 Å². The lowest BCUT2D eigenvalue weighted by Gasteiger charge is -2.12. The lowest BCUT2D eigenvalue weighted by molar-refractivity contribution is -0.878. The first kappa shape index (κ1) is 17.6. The number of quaternary nitrogens is 1. The zero-order chi connectivity index (χ0) is 17.6. The van der Waals surface area contributed by atoms with Crippen molar-refractivity contribution in [1.82, 2.24) is 0 Å². The van der Waals surface area contributed by atoms with Crippen molar-refractivity contribution in [3.63, 3.8) is 0 Å². The van der Waals surface area contributed by atoms with Crippen LogP contribution in [-0.4, -0.2) is 38.1 Å². The molecule has 0 bridgehead atoms. The number of rotatable bonds is 6. The summed E-state index contributed by atoms with van der Waals surface area (Å²) in [5.41, 5.74) is 2.18. The molecule has 0 aliphatic carbocycles. The first-order chi connectivity index (χ1) is 12.2. The monoisotopic (exact) mass is 359 g/mol. The van der Waals surface area contributed by atoms with Crippen molar-refractivity contribution in [3.8, 4) is 11.1 Å². The predicted molar refractivity (Wildman–Crippen MR) is 99.1 cm³/mol. The molecule has 1 fully saturated rings. The number of carbonyl (C=O) groups is 2. The molecule has 1 saturated heterocycles. The Hall–Kier alpha value is -2.18. The standard InChI is InChI=1S/C19H22N2O3S/c1-2-24-19(23)17-15(14-8-4-3-5-9-14)13-25-18(17)20-16(22)12-21-10-6-7-11-21/h3-5,8-9,13H,2,6-7,10-12H2,1H3,(H,20,22)/p+1. The second-order valence-corrected chi connectivity index (χ2v) is 7.00. The number of hydrogen-bond donors (Lipinski definition) is 2. The third-order valence-electron chi connectivity index (χ3n) is 4.33. The minimum atomic E-state index is -0.397. The van der Waals surface area contributed by atoms with E-state index in [1.807, 2.05) is 35.7 Å². The van der Waals surface area contributed by atoms with E-state index in [0.717, 1.165) is 24.2 Å². The molecule has 1 aromatic carbocycles. The minimum absolute atomic E-state index is 0.0519. The number of ether oxygens (including phenoxy) is 1. The van der Waals surface area contributed by atoms with Gasteiger partial charge in [0.25, 0.3) is 5.91 Å². The van der Waals surface area contributed by atoms with Crippen LogP contribution in [0.5, 0.6) is 0 Å². The van der Waals surface area contributed by atoms with E-state index in [1.54, 1.807) is 6.92 Å². The van der Waals surface area contributed by atoms with Crippen molar-refractivity contribution in [1.29, 1.82) is 0 Å². The quantitative estimate of drug-likeness (QED) is 0.778. The Bertz CT molecular complexity index is 736. The van der Waals surface area contributed by atoms with Crippen LogP contribution in [0.3, 0.4) is 0 Å². The third-order valence-corrected chi connectivity index (χ3v) is 5.22.